The number of hydrogen-bond donors (Lipinski definition) is 0. The van der Waals surface area contributed by atoms with Crippen molar-refractivity contribution in [3.05, 3.63) is 101 Å². The Labute approximate surface area is 174 Å². The van der Waals surface area contributed by atoms with Crippen molar-refractivity contribution >= 4 is 22.7 Å². The summed E-state index contributed by atoms with van der Waals surface area (Å²) in [6.07, 6.45) is 0. The molecule has 4 nitrogen and oxygen atoms in total. The summed E-state index contributed by atoms with van der Waals surface area (Å²) >= 11 is 0. The lowest BCUT2D eigenvalue weighted by Crippen LogP contribution is -2.33. The van der Waals surface area contributed by atoms with Gasteiger partial charge in [-0.05, 0) is 37.6 Å². The van der Waals surface area contributed by atoms with E-state index in [0.717, 1.165) is 33.3 Å². The second-order valence-corrected chi connectivity index (χ2v) is 7.64. The molecule has 0 fully saturated rings. The number of hydrogen-bond acceptors (Lipinski definition) is 3. The van der Waals surface area contributed by atoms with Crippen LogP contribution in [0.5, 0.6) is 0 Å². The zero-order valence-corrected chi connectivity index (χ0v) is 16.8. The van der Waals surface area contributed by atoms with Gasteiger partial charge in [-0.3, -0.25) is 14.5 Å². The van der Waals surface area contributed by atoms with Gasteiger partial charge < -0.3 is 0 Å². The van der Waals surface area contributed by atoms with E-state index < -0.39 is 6.04 Å². The molecule has 1 aromatic heterocycles. The van der Waals surface area contributed by atoms with Gasteiger partial charge in [-0.1, -0.05) is 60.7 Å². The van der Waals surface area contributed by atoms with Crippen LogP contribution in [0.25, 0.3) is 22.2 Å². The van der Waals surface area contributed by atoms with E-state index in [2.05, 4.69) is 6.07 Å². The normalized spacial score (nSPS) is 14.3. The minimum absolute atomic E-state index is 0.258. The summed E-state index contributed by atoms with van der Waals surface area (Å²) in [5.74, 6) is -0.516. The summed E-state index contributed by atoms with van der Waals surface area (Å²) in [5, 5.41) is 0.994. The summed E-state index contributed by atoms with van der Waals surface area (Å²) in [7, 11) is 0. The molecule has 0 aliphatic carbocycles. The lowest BCUT2D eigenvalue weighted by atomic mass is 9.97. The highest BCUT2D eigenvalue weighted by Gasteiger charge is 2.39. The smallest absolute Gasteiger partial charge is 0.262 e. The Balaban J connectivity index is 1.70. The SMILES string of the molecule is Cc1cccc2cc(C(C)N3C(=O)c4ccccc4C3=O)c(-c3ccccc3)nc12. The number of carbonyl (C=O) groups is 2. The van der Waals surface area contributed by atoms with Crippen LogP contribution in [0.3, 0.4) is 0 Å². The molecule has 30 heavy (non-hydrogen) atoms. The van der Waals surface area contributed by atoms with Gasteiger partial charge >= 0.3 is 0 Å². The van der Waals surface area contributed by atoms with Crippen molar-refractivity contribution in [3.8, 4) is 11.3 Å². The molecule has 3 aromatic carbocycles. The van der Waals surface area contributed by atoms with Gasteiger partial charge in [0.25, 0.3) is 11.8 Å². The first-order chi connectivity index (χ1) is 14.6. The van der Waals surface area contributed by atoms with Gasteiger partial charge in [0.2, 0.25) is 0 Å². The Bertz CT molecular complexity index is 1280. The second-order valence-electron chi connectivity index (χ2n) is 7.64. The predicted molar refractivity (Wildman–Crippen MR) is 117 cm³/mol. The number of pyridine rings is 1. The summed E-state index contributed by atoms with van der Waals surface area (Å²) in [4.78, 5) is 32.5. The van der Waals surface area contributed by atoms with Crippen LogP contribution in [0, 0.1) is 6.92 Å². The van der Waals surface area contributed by atoms with E-state index in [9.17, 15) is 9.59 Å². The van der Waals surface area contributed by atoms with Crippen molar-refractivity contribution in [3.63, 3.8) is 0 Å². The number of benzene rings is 3. The Morgan fingerprint density at radius 2 is 1.43 bits per heavy atom. The van der Waals surface area contributed by atoms with Crippen LogP contribution in [-0.4, -0.2) is 21.7 Å². The molecule has 0 bridgehead atoms. The molecule has 4 heteroatoms. The molecule has 0 spiro atoms. The van der Waals surface area contributed by atoms with Crippen LogP contribution in [0.4, 0.5) is 0 Å². The van der Waals surface area contributed by atoms with Crippen LogP contribution in [0.15, 0.2) is 78.9 Å². The summed E-state index contributed by atoms with van der Waals surface area (Å²) in [6, 6.07) is 24.6. The van der Waals surface area contributed by atoms with Gasteiger partial charge in [-0.2, -0.15) is 0 Å². The molecule has 1 atom stereocenters. The lowest BCUT2D eigenvalue weighted by Gasteiger charge is -2.25. The maximum atomic E-state index is 13.1. The van der Waals surface area contributed by atoms with E-state index in [-0.39, 0.29) is 11.8 Å². The molecule has 1 unspecified atom stereocenters. The largest absolute Gasteiger partial charge is 0.269 e. The van der Waals surface area contributed by atoms with Gasteiger partial charge in [0.1, 0.15) is 0 Å². The Morgan fingerprint density at radius 3 is 2.10 bits per heavy atom. The van der Waals surface area contributed by atoms with Crippen molar-refractivity contribution in [2.24, 2.45) is 0 Å². The number of carbonyl (C=O) groups excluding carboxylic acids is 2. The van der Waals surface area contributed by atoms with Crippen molar-refractivity contribution in [1.29, 1.82) is 0 Å². The van der Waals surface area contributed by atoms with E-state index in [1.807, 2.05) is 62.4 Å². The first-order valence-corrected chi connectivity index (χ1v) is 9.99. The number of para-hydroxylation sites is 1. The molecule has 0 radical (unpaired) electrons. The highest BCUT2D eigenvalue weighted by Crippen LogP contribution is 2.37. The van der Waals surface area contributed by atoms with E-state index in [1.165, 1.54) is 4.90 Å². The Hall–Kier alpha value is -3.79. The second kappa shape index (κ2) is 6.92. The molecule has 2 amide bonds. The van der Waals surface area contributed by atoms with Crippen molar-refractivity contribution in [2.45, 2.75) is 19.9 Å². The van der Waals surface area contributed by atoms with Gasteiger partial charge in [-0.25, -0.2) is 4.98 Å². The van der Waals surface area contributed by atoms with E-state index in [0.29, 0.717) is 11.1 Å². The quantitative estimate of drug-likeness (QED) is 0.429. The fraction of sp³-hybridized carbons (Fsp3) is 0.115. The maximum absolute atomic E-state index is 13.1. The third kappa shape index (κ3) is 2.72. The molecule has 0 saturated carbocycles. The molecule has 4 aromatic rings. The van der Waals surface area contributed by atoms with E-state index in [1.54, 1.807) is 24.3 Å². The minimum atomic E-state index is -0.454. The molecule has 1 aliphatic heterocycles. The Morgan fingerprint density at radius 1 is 0.800 bits per heavy atom. The van der Waals surface area contributed by atoms with Gasteiger partial charge in [0, 0.05) is 16.5 Å². The van der Waals surface area contributed by atoms with Gasteiger partial charge in [-0.15, -0.1) is 0 Å². The summed E-state index contributed by atoms with van der Waals surface area (Å²) in [6.45, 7) is 3.93. The third-order valence-corrected chi connectivity index (χ3v) is 5.79. The number of amides is 2. The molecular weight excluding hydrogens is 372 g/mol. The molecule has 146 valence electrons. The molecule has 0 saturated heterocycles. The zero-order valence-electron chi connectivity index (χ0n) is 16.8. The molecular formula is C26H20N2O2. The Kier molecular flexibility index (Phi) is 4.21. The van der Waals surface area contributed by atoms with Crippen LogP contribution in [-0.2, 0) is 0 Å². The monoisotopic (exact) mass is 392 g/mol. The van der Waals surface area contributed by atoms with Gasteiger partial charge in [0.05, 0.1) is 28.4 Å². The van der Waals surface area contributed by atoms with E-state index >= 15 is 0 Å². The molecule has 2 heterocycles. The third-order valence-electron chi connectivity index (χ3n) is 5.79. The van der Waals surface area contributed by atoms with Crippen molar-refractivity contribution < 1.29 is 9.59 Å². The summed E-state index contributed by atoms with van der Waals surface area (Å²) in [5.41, 5.74) is 5.54. The summed E-state index contributed by atoms with van der Waals surface area (Å²) < 4.78 is 0. The minimum Gasteiger partial charge on any atom is -0.269 e. The molecule has 1 aliphatic rings. The predicted octanol–water partition coefficient (Wildman–Crippen LogP) is 5.57. The lowest BCUT2D eigenvalue weighted by molar-refractivity contribution is 0.0595. The van der Waals surface area contributed by atoms with Crippen LogP contribution >= 0.6 is 0 Å². The number of nitrogens with zero attached hydrogens (tertiary/aromatic N) is 2. The average molecular weight is 392 g/mol. The first-order valence-electron chi connectivity index (χ1n) is 9.99. The fourth-order valence-corrected chi connectivity index (χ4v) is 4.21. The number of aryl methyl sites for hydroxylation is 1. The topological polar surface area (TPSA) is 50.3 Å². The highest BCUT2D eigenvalue weighted by atomic mass is 16.2. The number of imide groups is 1. The standard InChI is InChI=1S/C26H20N2O2/c1-16-9-8-12-19-15-22(24(27-23(16)19)18-10-4-3-5-11-18)17(2)28-25(29)20-13-6-7-14-21(20)26(28)30/h3-15,17H,1-2H3. The number of aromatic nitrogens is 1. The van der Waals surface area contributed by atoms with E-state index in [4.69, 9.17) is 4.98 Å². The van der Waals surface area contributed by atoms with Gasteiger partial charge in [0.15, 0.2) is 0 Å². The first kappa shape index (κ1) is 18.3. The van der Waals surface area contributed by atoms with Crippen LogP contribution in [0.2, 0.25) is 0 Å². The maximum Gasteiger partial charge on any atom is 0.262 e. The highest BCUT2D eigenvalue weighted by molar-refractivity contribution is 6.21. The number of fused-ring (bicyclic) bond motifs is 2. The average Bonchev–Trinajstić information content (AvgIpc) is 3.04. The fourth-order valence-electron chi connectivity index (χ4n) is 4.21. The number of rotatable bonds is 3. The van der Waals surface area contributed by atoms with Crippen molar-refractivity contribution in [1.82, 2.24) is 9.88 Å². The molecule has 0 N–H and O–H groups in total. The van der Waals surface area contributed by atoms with Crippen LogP contribution < -0.4 is 0 Å². The van der Waals surface area contributed by atoms with Crippen LogP contribution in [0.1, 0.15) is 44.8 Å². The molecule has 5 rings (SSSR count). The van der Waals surface area contributed by atoms with Crippen molar-refractivity contribution in [2.75, 3.05) is 0 Å². The zero-order chi connectivity index (χ0) is 20.8.